The standard InChI is InChI=1S/C6H7Cl3O3/c1-2-4(12-3-10)5(11)6(7,8)9/h2,10H,3H2,1H3. The highest BCUT2D eigenvalue weighted by Gasteiger charge is 2.34. The average Bonchev–Trinajstić information content (AvgIpc) is 1.97. The van der Waals surface area contributed by atoms with Gasteiger partial charge in [-0.15, -0.1) is 0 Å². The lowest BCUT2D eigenvalue weighted by Crippen LogP contribution is -2.22. The summed E-state index contributed by atoms with van der Waals surface area (Å²) in [6, 6.07) is 0. The van der Waals surface area contributed by atoms with Crippen molar-refractivity contribution in [1.29, 1.82) is 0 Å². The summed E-state index contributed by atoms with van der Waals surface area (Å²) in [7, 11) is 0. The van der Waals surface area contributed by atoms with Crippen molar-refractivity contribution >= 4 is 40.6 Å². The SMILES string of the molecule is CC=C(OCO)C(=O)C(Cl)(Cl)Cl. The van der Waals surface area contributed by atoms with Crippen LogP contribution < -0.4 is 0 Å². The molecule has 0 saturated heterocycles. The Hall–Kier alpha value is 0.0400. The van der Waals surface area contributed by atoms with Gasteiger partial charge in [-0.2, -0.15) is 0 Å². The lowest BCUT2D eigenvalue weighted by molar-refractivity contribution is -0.119. The molecule has 0 saturated carbocycles. The number of aliphatic hydroxyl groups is 1. The Labute approximate surface area is 84.9 Å². The minimum absolute atomic E-state index is 0.169. The summed E-state index contributed by atoms with van der Waals surface area (Å²) in [6.45, 7) is 0.894. The van der Waals surface area contributed by atoms with Crippen molar-refractivity contribution in [2.24, 2.45) is 0 Å². The monoisotopic (exact) mass is 232 g/mol. The van der Waals surface area contributed by atoms with E-state index in [1.807, 2.05) is 0 Å². The van der Waals surface area contributed by atoms with E-state index < -0.39 is 16.4 Å². The van der Waals surface area contributed by atoms with Crippen LogP contribution in [0, 0.1) is 0 Å². The average molecular weight is 233 g/mol. The lowest BCUT2D eigenvalue weighted by atomic mass is 10.3. The highest BCUT2D eigenvalue weighted by Crippen LogP contribution is 2.30. The molecule has 0 aliphatic carbocycles. The van der Waals surface area contributed by atoms with Crippen molar-refractivity contribution in [2.45, 2.75) is 10.7 Å². The molecule has 0 spiro atoms. The molecule has 12 heavy (non-hydrogen) atoms. The molecule has 0 aromatic rings. The van der Waals surface area contributed by atoms with Crippen LogP contribution in [-0.2, 0) is 9.53 Å². The number of ether oxygens (including phenoxy) is 1. The number of carbonyl (C=O) groups is 1. The molecule has 0 bridgehead atoms. The Bertz CT molecular complexity index is 195. The van der Waals surface area contributed by atoms with Gasteiger partial charge in [-0.3, -0.25) is 4.79 Å². The van der Waals surface area contributed by atoms with Gasteiger partial charge < -0.3 is 9.84 Å². The largest absolute Gasteiger partial charge is 0.464 e. The van der Waals surface area contributed by atoms with Crippen LogP contribution in [0.4, 0.5) is 0 Å². The molecule has 1 N–H and O–H groups in total. The minimum Gasteiger partial charge on any atom is -0.464 e. The van der Waals surface area contributed by atoms with Gasteiger partial charge in [0, 0.05) is 0 Å². The zero-order valence-corrected chi connectivity index (χ0v) is 8.45. The van der Waals surface area contributed by atoms with E-state index in [9.17, 15) is 4.79 Å². The minimum atomic E-state index is -2.04. The number of allylic oxidation sites excluding steroid dienone is 2. The van der Waals surface area contributed by atoms with Crippen LogP contribution in [0.3, 0.4) is 0 Å². The second kappa shape index (κ2) is 4.92. The van der Waals surface area contributed by atoms with E-state index in [1.54, 1.807) is 0 Å². The van der Waals surface area contributed by atoms with Gasteiger partial charge in [0.05, 0.1) is 0 Å². The first-order chi connectivity index (χ1) is 5.43. The first-order valence-electron chi connectivity index (χ1n) is 2.95. The van der Waals surface area contributed by atoms with E-state index in [1.165, 1.54) is 13.0 Å². The Kier molecular flexibility index (Phi) is 4.94. The molecule has 6 heteroatoms. The van der Waals surface area contributed by atoms with Crippen molar-refractivity contribution < 1.29 is 14.6 Å². The van der Waals surface area contributed by atoms with Crippen molar-refractivity contribution in [1.82, 2.24) is 0 Å². The van der Waals surface area contributed by atoms with Crippen LogP contribution in [0.1, 0.15) is 6.92 Å². The Balaban J connectivity index is 4.45. The first kappa shape index (κ1) is 12.0. The Morgan fingerprint density at radius 3 is 2.33 bits per heavy atom. The van der Waals surface area contributed by atoms with E-state index in [0.29, 0.717) is 0 Å². The predicted molar refractivity (Wildman–Crippen MR) is 47.2 cm³/mol. The summed E-state index contributed by atoms with van der Waals surface area (Å²) >= 11 is 15.8. The number of rotatable bonds is 3. The van der Waals surface area contributed by atoms with E-state index in [-0.39, 0.29) is 5.76 Å². The summed E-state index contributed by atoms with van der Waals surface area (Å²) in [4.78, 5) is 11.1. The lowest BCUT2D eigenvalue weighted by Gasteiger charge is -2.11. The highest BCUT2D eigenvalue weighted by atomic mass is 35.6. The number of alkyl halides is 3. The molecule has 0 amide bonds. The number of halogens is 3. The summed E-state index contributed by atoms with van der Waals surface area (Å²) in [5.74, 6) is -0.971. The fraction of sp³-hybridized carbons (Fsp3) is 0.500. The summed E-state index contributed by atoms with van der Waals surface area (Å²) in [5.41, 5.74) is 0. The molecule has 0 atom stereocenters. The molecule has 0 aromatic heterocycles. The fourth-order valence-corrected chi connectivity index (χ4v) is 0.769. The summed E-state index contributed by atoms with van der Waals surface area (Å²) < 4.78 is 2.45. The van der Waals surface area contributed by atoms with Crippen LogP contribution in [0.5, 0.6) is 0 Å². The predicted octanol–water partition coefficient (Wildman–Crippen LogP) is 1.80. The van der Waals surface area contributed by atoms with Crippen molar-refractivity contribution in [3.8, 4) is 0 Å². The van der Waals surface area contributed by atoms with Gasteiger partial charge in [0.1, 0.15) is 0 Å². The molecule has 0 fully saturated rings. The van der Waals surface area contributed by atoms with E-state index in [2.05, 4.69) is 4.74 Å². The number of hydrogen-bond acceptors (Lipinski definition) is 3. The summed E-state index contributed by atoms with van der Waals surface area (Å²) in [6.07, 6.45) is 1.31. The topological polar surface area (TPSA) is 46.5 Å². The molecule has 0 unspecified atom stereocenters. The van der Waals surface area contributed by atoms with Gasteiger partial charge in [0.25, 0.3) is 3.79 Å². The van der Waals surface area contributed by atoms with Gasteiger partial charge in [0.15, 0.2) is 12.6 Å². The second-order valence-corrected chi connectivity index (χ2v) is 4.03. The maximum atomic E-state index is 11.1. The van der Waals surface area contributed by atoms with Crippen LogP contribution >= 0.6 is 34.8 Å². The zero-order valence-electron chi connectivity index (χ0n) is 6.18. The van der Waals surface area contributed by atoms with Crippen LogP contribution in [0.2, 0.25) is 0 Å². The highest BCUT2D eigenvalue weighted by molar-refractivity contribution is 6.77. The third-order valence-corrected chi connectivity index (χ3v) is 1.48. The number of hydrogen-bond donors (Lipinski definition) is 1. The normalized spacial score (nSPS) is 12.9. The Morgan fingerprint density at radius 1 is 1.58 bits per heavy atom. The van der Waals surface area contributed by atoms with Crippen LogP contribution in [-0.4, -0.2) is 21.5 Å². The molecule has 0 heterocycles. The fourth-order valence-electron chi connectivity index (χ4n) is 0.489. The van der Waals surface area contributed by atoms with Crippen molar-refractivity contribution in [3.05, 3.63) is 11.8 Å². The third-order valence-electron chi connectivity index (χ3n) is 0.963. The molecule has 70 valence electrons. The first-order valence-corrected chi connectivity index (χ1v) is 4.08. The Morgan fingerprint density at radius 2 is 2.08 bits per heavy atom. The van der Waals surface area contributed by atoms with Crippen molar-refractivity contribution in [3.63, 3.8) is 0 Å². The van der Waals surface area contributed by atoms with Gasteiger partial charge in [-0.1, -0.05) is 34.8 Å². The van der Waals surface area contributed by atoms with Crippen LogP contribution in [0.15, 0.2) is 11.8 Å². The quantitative estimate of drug-likeness (QED) is 0.350. The molecule has 3 nitrogen and oxygen atoms in total. The molecule has 0 aromatic carbocycles. The maximum Gasteiger partial charge on any atom is 0.256 e. The molecule has 0 rings (SSSR count). The van der Waals surface area contributed by atoms with Gasteiger partial charge >= 0.3 is 0 Å². The molecular formula is C6H7Cl3O3. The van der Waals surface area contributed by atoms with Crippen molar-refractivity contribution in [2.75, 3.05) is 6.79 Å². The molecule has 0 aliphatic rings. The van der Waals surface area contributed by atoms with Gasteiger partial charge in [0.2, 0.25) is 5.78 Å². The third kappa shape index (κ3) is 3.63. The zero-order chi connectivity index (χ0) is 9.78. The van der Waals surface area contributed by atoms with Crippen LogP contribution in [0.25, 0.3) is 0 Å². The molecular weight excluding hydrogens is 226 g/mol. The van der Waals surface area contributed by atoms with Gasteiger partial charge in [-0.25, -0.2) is 0 Å². The second-order valence-electron chi connectivity index (χ2n) is 1.75. The van der Waals surface area contributed by atoms with E-state index in [0.717, 1.165) is 0 Å². The number of aliphatic hydroxyl groups excluding tert-OH is 1. The number of carbonyl (C=O) groups excluding carboxylic acids is 1. The molecule has 0 aliphatic heterocycles. The summed E-state index contributed by atoms with van der Waals surface area (Å²) in [5, 5.41) is 8.34. The molecule has 0 radical (unpaired) electrons. The number of ketones is 1. The van der Waals surface area contributed by atoms with E-state index in [4.69, 9.17) is 39.9 Å². The van der Waals surface area contributed by atoms with E-state index >= 15 is 0 Å². The van der Waals surface area contributed by atoms with Gasteiger partial charge in [-0.05, 0) is 13.0 Å². The smallest absolute Gasteiger partial charge is 0.256 e. The number of Topliss-reactive ketones (excluding diaryl/α,β-unsaturated/α-hetero) is 1. The maximum absolute atomic E-state index is 11.1.